The topological polar surface area (TPSA) is 87.4 Å². The maximum Gasteiger partial charge on any atom is 0.323 e. The lowest BCUT2D eigenvalue weighted by atomic mass is 9.93. The van der Waals surface area contributed by atoms with Gasteiger partial charge in [0.25, 0.3) is 0 Å². The molecule has 8 heteroatoms. The molecular formula is C18H26N6O2. The predicted molar refractivity (Wildman–Crippen MR) is 99.4 cm³/mol. The number of rotatable bonds is 2. The van der Waals surface area contributed by atoms with Gasteiger partial charge in [-0.05, 0) is 19.4 Å². The minimum atomic E-state index is -0.161. The highest BCUT2D eigenvalue weighted by Crippen LogP contribution is 2.24. The molecule has 0 atom stereocenters. The molecule has 2 amide bonds. The molecule has 8 nitrogen and oxygen atoms in total. The fourth-order valence-electron chi connectivity index (χ4n) is 2.78. The standard InChI is InChI=1S/C18H26N6O2/c1-13-6-7-19-16(20-13)23-8-5-9-24(11-10-23)17(25)21-15-12-14(26-22-15)18(2,3)4/h6-7,12H,5,8-11H2,1-4H3,(H,21,22,25). The molecule has 0 radical (unpaired) electrons. The van der Waals surface area contributed by atoms with Gasteiger partial charge in [0.15, 0.2) is 5.82 Å². The third-order valence-electron chi connectivity index (χ3n) is 4.33. The van der Waals surface area contributed by atoms with E-state index in [-0.39, 0.29) is 11.4 Å². The second kappa shape index (κ2) is 7.31. The zero-order valence-electron chi connectivity index (χ0n) is 15.8. The maximum atomic E-state index is 12.6. The fraction of sp³-hybridized carbons (Fsp3) is 0.556. The van der Waals surface area contributed by atoms with Crippen molar-refractivity contribution in [1.82, 2.24) is 20.0 Å². The number of carbonyl (C=O) groups is 1. The first-order valence-electron chi connectivity index (χ1n) is 8.90. The number of anilines is 2. The lowest BCUT2D eigenvalue weighted by Crippen LogP contribution is -2.38. The minimum Gasteiger partial charge on any atom is -0.359 e. The van der Waals surface area contributed by atoms with Crippen LogP contribution in [-0.4, -0.2) is 52.2 Å². The molecule has 140 valence electrons. The highest BCUT2D eigenvalue weighted by Gasteiger charge is 2.23. The average Bonchev–Trinajstić information content (AvgIpc) is 2.91. The molecule has 1 fully saturated rings. The van der Waals surface area contributed by atoms with E-state index in [0.29, 0.717) is 25.5 Å². The van der Waals surface area contributed by atoms with Crippen molar-refractivity contribution in [2.45, 2.75) is 39.5 Å². The number of hydrogen-bond donors (Lipinski definition) is 1. The monoisotopic (exact) mass is 358 g/mol. The van der Waals surface area contributed by atoms with Crippen LogP contribution in [0, 0.1) is 6.92 Å². The summed E-state index contributed by atoms with van der Waals surface area (Å²) in [6.07, 6.45) is 2.63. The Balaban J connectivity index is 1.60. The lowest BCUT2D eigenvalue weighted by molar-refractivity contribution is 0.215. The SMILES string of the molecule is Cc1ccnc(N2CCCN(C(=O)Nc3cc(C(C)(C)C)on3)CC2)n1. The van der Waals surface area contributed by atoms with E-state index in [4.69, 9.17) is 4.52 Å². The summed E-state index contributed by atoms with van der Waals surface area (Å²) in [7, 11) is 0. The molecule has 0 bridgehead atoms. The molecule has 2 aromatic rings. The van der Waals surface area contributed by atoms with Crippen LogP contribution in [-0.2, 0) is 5.41 Å². The van der Waals surface area contributed by atoms with Crippen molar-refractivity contribution in [2.75, 3.05) is 36.4 Å². The molecule has 0 spiro atoms. The highest BCUT2D eigenvalue weighted by molar-refractivity contribution is 5.88. The fourth-order valence-corrected chi connectivity index (χ4v) is 2.78. The quantitative estimate of drug-likeness (QED) is 0.888. The predicted octanol–water partition coefficient (Wildman–Crippen LogP) is 2.81. The van der Waals surface area contributed by atoms with Gasteiger partial charge < -0.3 is 14.3 Å². The van der Waals surface area contributed by atoms with Crippen molar-refractivity contribution in [3.8, 4) is 0 Å². The molecule has 0 unspecified atom stereocenters. The molecule has 3 rings (SSSR count). The summed E-state index contributed by atoms with van der Waals surface area (Å²) < 4.78 is 5.32. The van der Waals surface area contributed by atoms with Crippen LogP contribution in [0.3, 0.4) is 0 Å². The summed E-state index contributed by atoms with van der Waals surface area (Å²) in [6, 6.07) is 3.50. The molecule has 1 saturated heterocycles. The third kappa shape index (κ3) is 4.30. The van der Waals surface area contributed by atoms with Crippen LogP contribution in [0.4, 0.5) is 16.6 Å². The van der Waals surface area contributed by atoms with Gasteiger partial charge in [0, 0.05) is 49.6 Å². The maximum absolute atomic E-state index is 12.6. The van der Waals surface area contributed by atoms with Gasteiger partial charge in [-0.1, -0.05) is 25.9 Å². The number of nitrogens with one attached hydrogen (secondary N) is 1. The van der Waals surface area contributed by atoms with E-state index in [1.807, 2.05) is 33.8 Å². The van der Waals surface area contributed by atoms with E-state index in [1.54, 1.807) is 17.2 Å². The van der Waals surface area contributed by atoms with E-state index in [0.717, 1.165) is 30.4 Å². The second-order valence-corrected chi connectivity index (χ2v) is 7.58. The summed E-state index contributed by atoms with van der Waals surface area (Å²) in [6.45, 7) is 10.9. The summed E-state index contributed by atoms with van der Waals surface area (Å²) in [4.78, 5) is 25.3. The summed E-state index contributed by atoms with van der Waals surface area (Å²) in [5.41, 5.74) is 0.793. The van der Waals surface area contributed by atoms with E-state index >= 15 is 0 Å². The summed E-state index contributed by atoms with van der Waals surface area (Å²) in [5, 5.41) is 6.78. The number of aryl methyl sites for hydroxylation is 1. The van der Waals surface area contributed by atoms with Crippen molar-refractivity contribution in [3.05, 3.63) is 29.8 Å². The van der Waals surface area contributed by atoms with Gasteiger partial charge in [0.2, 0.25) is 5.95 Å². The molecule has 2 aromatic heterocycles. The highest BCUT2D eigenvalue weighted by atomic mass is 16.5. The normalized spacial score (nSPS) is 15.7. The largest absolute Gasteiger partial charge is 0.359 e. The summed E-state index contributed by atoms with van der Waals surface area (Å²) in [5.74, 6) is 1.91. The van der Waals surface area contributed by atoms with Gasteiger partial charge in [0.05, 0.1) is 0 Å². The number of aromatic nitrogens is 3. The van der Waals surface area contributed by atoms with E-state index in [2.05, 4.69) is 25.3 Å². The average molecular weight is 358 g/mol. The van der Waals surface area contributed by atoms with Crippen LogP contribution in [0.15, 0.2) is 22.9 Å². The van der Waals surface area contributed by atoms with E-state index < -0.39 is 0 Å². The Morgan fingerprint density at radius 2 is 2.04 bits per heavy atom. The molecule has 1 N–H and O–H groups in total. The Kier molecular flexibility index (Phi) is 5.11. The van der Waals surface area contributed by atoms with E-state index in [1.165, 1.54) is 0 Å². The minimum absolute atomic E-state index is 0.146. The zero-order chi connectivity index (χ0) is 18.7. The van der Waals surface area contributed by atoms with Gasteiger partial charge >= 0.3 is 6.03 Å². The van der Waals surface area contributed by atoms with Crippen LogP contribution in [0.25, 0.3) is 0 Å². The van der Waals surface area contributed by atoms with Crippen LogP contribution >= 0.6 is 0 Å². The van der Waals surface area contributed by atoms with E-state index in [9.17, 15) is 4.79 Å². The Morgan fingerprint density at radius 1 is 1.23 bits per heavy atom. The number of amides is 2. The van der Waals surface area contributed by atoms with Crippen molar-refractivity contribution in [3.63, 3.8) is 0 Å². The lowest BCUT2D eigenvalue weighted by Gasteiger charge is -2.22. The van der Waals surface area contributed by atoms with Crippen LogP contribution in [0.5, 0.6) is 0 Å². The van der Waals surface area contributed by atoms with Crippen LogP contribution < -0.4 is 10.2 Å². The van der Waals surface area contributed by atoms with Crippen molar-refractivity contribution >= 4 is 17.8 Å². The number of urea groups is 1. The molecule has 0 saturated carbocycles. The molecule has 0 aliphatic carbocycles. The van der Waals surface area contributed by atoms with Gasteiger partial charge in [-0.15, -0.1) is 0 Å². The zero-order valence-corrected chi connectivity index (χ0v) is 15.8. The Morgan fingerprint density at radius 3 is 2.73 bits per heavy atom. The molecule has 1 aliphatic heterocycles. The van der Waals surface area contributed by atoms with Crippen molar-refractivity contribution in [1.29, 1.82) is 0 Å². The Bertz CT molecular complexity index is 767. The second-order valence-electron chi connectivity index (χ2n) is 7.58. The summed E-state index contributed by atoms with van der Waals surface area (Å²) >= 11 is 0. The molecular weight excluding hydrogens is 332 g/mol. The first-order chi connectivity index (χ1) is 12.3. The van der Waals surface area contributed by atoms with Gasteiger partial charge in [-0.2, -0.15) is 0 Å². The molecule has 3 heterocycles. The molecule has 26 heavy (non-hydrogen) atoms. The Labute approximate surface area is 153 Å². The van der Waals surface area contributed by atoms with Gasteiger partial charge in [-0.3, -0.25) is 5.32 Å². The number of hydrogen-bond acceptors (Lipinski definition) is 6. The van der Waals surface area contributed by atoms with Gasteiger partial charge in [0.1, 0.15) is 5.76 Å². The first kappa shape index (κ1) is 18.2. The third-order valence-corrected chi connectivity index (χ3v) is 4.33. The number of nitrogens with zero attached hydrogens (tertiary/aromatic N) is 5. The van der Waals surface area contributed by atoms with Crippen molar-refractivity contribution in [2.24, 2.45) is 0 Å². The number of carbonyl (C=O) groups excluding carboxylic acids is 1. The first-order valence-corrected chi connectivity index (χ1v) is 8.90. The van der Waals surface area contributed by atoms with Crippen LogP contribution in [0.2, 0.25) is 0 Å². The smallest absolute Gasteiger partial charge is 0.323 e. The Hall–Kier alpha value is -2.64. The van der Waals surface area contributed by atoms with Gasteiger partial charge in [-0.25, -0.2) is 14.8 Å². The van der Waals surface area contributed by atoms with Crippen LogP contribution in [0.1, 0.15) is 38.6 Å². The molecule has 1 aliphatic rings. The van der Waals surface area contributed by atoms with Crippen molar-refractivity contribution < 1.29 is 9.32 Å². The molecule has 0 aromatic carbocycles.